The van der Waals surface area contributed by atoms with E-state index in [1.165, 1.54) is 11.2 Å². The maximum atomic E-state index is 12.3. The van der Waals surface area contributed by atoms with Crippen molar-refractivity contribution in [3.63, 3.8) is 0 Å². The monoisotopic (exact) mass is 347 g/mol. The highest BCUT2D eigenvalue weighted by molar-refractivity contribution is 9.10. The van der Waals surface area contributed by atoms with E-state index in [9.17, 15) is 13.2 Å². The lowest BCUT2D eigenvalue weighted by atomic mass is 10.1. The summed E-state index contributed by atoms with van der Waals surface area (Å²) in [5.74, 6) is -0.190. The number of carbonyl (C=O) groups is 1. The molecule has 0 spiro atoms. The van der Waals surface area contributed by atoms with E-state index in [0.717, 1.165) is 4.47 Å². The number of carbonyl (C=O) groups excluding carboxylic acids is 1. The molecule has 0 heterocycles. The number of rotatable bonds is 4. The van der Waals surface area contributed by atoms with Crippen LogP contribution in [0.3, 0.4) is 0 Å². The number of hydrogen-bond acceptors (Lipinski definition) is 3. The smallest absolute Gasteiger partial charge is 0.253 e. The molecule has 0 aromatic heterocycles. The van der Waals surface area contributed by atoms with Crippen LogP contribution in [0.2, 0.25) is 0 Å². The predicted octanol–water partition coefficient (Wildman–Crippen LogP) is 2.34. The molecule has 0 saturated carbocycles. The second-order valence-electron chi connectivity index (χ2n) is 4.70. The fraction of sp³-hybridized carbons (Fsp3) is 0.462. The summed E-state index contributed by atoms with van der Waals surface area (Å²) in [7, 11) is -1.55. The van der Waals surface area contributed by atoms with E-state index >= 15 is 0 Å². The van der Waals surface area contributed by atoms with Gasteiger partial charge >= 0.3 is 0 Å². The van der Waals surface area contributed by atoms with E-state index in [-0.39, 0.29) is 11.9 Å². The van der Waals surface area contributed by atoms with E-state index in [4.69, 9.17) is 0 Å². The lowest BCUT2D eigenvalue weighted by Gasteiger charge is -2.29. The average molecular weight is 348 g/mol. The van der Waals surface area contributed by atoms with Gasteiger partial charge in [-0.05, 0) is 32.0 Å². The number of amides is 1. The van der Waals surface area contributed by atoms with Gasteiger partial charge in [0.05, 0.1) is 5.25 Å². The standard InChI is InChI=1S/C13H18BrNO3S/c1-9(10(2)19(4,17)18)15(3)13(16)11-6-5-7-12(14)8-11/h5-10H,1-4H3. The molecule has 0 fully saturated rings. The van der Waals surface area contributed by atoms with Crippen LogP contribution in [0.15, 0.2) is 28.7 Å². The fourth-order valence-electron chi connectivity index (χ4n) is 1.68. The molecule has 1 aromatic rings. The second-order valence-corrected chi connectivity index (χ2v) is 8.02. The van der Waals surface area contributed by atoms with Crippen LogP contribution >= 0.6 is 15.9 Å². The third-order valence-corrected chi connectivity index (χ3v) is 5.60. The molecule has 19 heavy (non-hydrogen) atoms. The van der Waals surface area contributed by atoms with Crippen molar-refractivity contribution >= 4 is 31.7 Å². The molecule has 0 radical (unpaired) electrons. The maximum absolute atomic E-state index is 12.3. The van der Waals surface area contributed by atoms with Crippen LogP contribution in [-0.2, 0) is 9.84 Å². The first-order valence-electron chi connectivity index (χ1n) is 5.86. The molecule has 0 aliphatic heterocycles. The molecule has 0 aliphatic rings. The number of nitrogens with zero attached hydrogens (tertiary/aromatic N) is 1. The van der Waals surface area contributed by atoms with Gasteiger partial charge in [-0.15, -0.1) is 0 Å². The molecule has 0 saturated heterocycles. The summed E-state index contributed by atoms with van der Waals surface area (Å²) >= 11 is 3.31. The minimum atomic E-state index is -3.17. The summed E-state index contributed by atoms with van der Waals surface area (Å²) < 4.78 is 23.9. The van der Waals surface area contributed by atoms with Crippen LogP contribution in [-0.4, -0.2) is 43.8 Å². The molecule has 2 atom stereocenters. The van der Waals surface area contributed by atoms with Gasteiger partial charge in [0, 0.05) is 29.4 Å². The van der Waals surface area contributed by atoms with E-state index < -0.39 is 15.1 Å². The number of benzene rings is 1. The molecular weight excluding hydrogens is 330 g/mol. The van der Waals surface area contributed by atoms with Gasteiger partial charge in [-0.1, -0.05) is 22.0 Å². The van der Waals surface area contributed by atoms with Gasteiger partial charge < -0.3 is 4.90 Å². The molecule has 1 aromatic carbocycles. The minimum absolute atomic E-state index is 0.190. The summed E-state index contributed by atoms with van der Waals surface area (Å²) in [6, 6.07) is 6.65. The Morgan fingerprint density at radius 1 is 1.32 bits per heavy atom. The zero-order valence-corrected chi connectivity index (χ0v) is 13.8. The van der Waals surface area contributed by atoms with Crippen molar-refractivity contribution in [1.82, 2.24) is 4.90 Å². The summed E-state index contributed by atoms with van der Waals surface area (Å²) in [6.45, 7) is 3.35. The molecule has 2 unspecified atom stereocenters. The normalized spacial score (nSPS) is 14.8. The largest absolute Gasteiger partial charge is 0.338 e. The lowest BCUT2D eigenvalue weighted by molar-refractivity contribution is 0.0743. The third-order valence-electron chi connectivity index (χ3n) is 3.36. The van der Waals surface area contributed by atoms with Crippen LogP contribution < -0.4 is 0 Å². The van der Waals surface area contributed by atoms with Gasteiger partial charge in [-0.25, -0.2) is 8.42 Å². The Hall–Kier alpha value is -0.880. The van der Waals surface area contributed by atoms with Crippen LogP contribution in [0, 0.1) is 0 Å². The van der Waals surface area contributed by atoms with Crippen LogP contribution in [0.1, 0.15) is 24.2 Å². The Balaban J connectivity index is 2.94. The van der Waals surface area contributed by atoms with Crippen LogP contribution in [0.4, 0.5) is 0 Å². The predicted molar refractivity (Wildman–Crippen MR) is 80.0 cm³/mol. The minimum Gasteiger partial charge on any atom is -0.338 e. The van der Waals surface area contributed by atoms with Crippen molar-refractivity contribution in [3.8, 4) is 0 Å². The highest BCUT2D eigenvalue weighted by atomic mass is 79.9. The first-order valence-corrected chi connectivity index (χ1v) is 8.61. The summed E-state index contributed by atoms with van der Waals surface area (Å²) in [5, 5.41) is -0.603. The van der Waals surface area contributed by atoms with E-state index in [2.05, 4.69) is 15.9 Å². The Bertz CT molecular complexity index is 571. The topological polar surface area (TPSA) is 54.5 Å². The zero-order valence-electron chi connectivity index (χ0n) is 11.4. The lowest BCUT2D eigenvalue weighted by Crippen LogP contribution is -2.44. The van der Waals surface area contributed by atoms with E-state index in [0.29, 0.717) is 5.56 Å². The van der Waals surface area contributed by atoms with Gasteiger partial charge in [0.2, 0.25) is 0 Å². The van der Waals surface area contributed by atoms with Gasteiger partial charge in [-0.3, -0.25) is 4.79 Å². The SMILES string of the molecule is CC(C(C)S(C)(=O)=O)N(C)C(=O)c1cccc(Br)c1. The maximum Gasteiger partial charge on any atom is 0.253 e. The molecule has 6 heteroatoms. The Morgan fingerprint density at radius 2 is 1.89 bits per heavy atom. The number of hydrogen-bond donors (Lipinski definition) is 0. The first-order chi connectivity index (χ1) is 8.64. The molecule has 106 valence electrons. The van der Waals surface area contributed by atoms with Crippen molar-refractivity contribution < 1.29 is 13.2 Å². The quantitative estimate of drug-likeness (QED) is 0.839. The Labute approximate surface area is 122 Å². The number of halogens is 1. The van der Waals surface area contributed by atoms with Crippen molar-refractivity contribution in [2.75, 3.05) is 13.3 Å². The van der Waals surface area contributed by atoms with E-state index in [1.54, 1.807) is 39.1 Å². The van der Waals surface area contributed by atoms with Gasteiger partial charge in [0.15, 0.2) is 9.84 Å². The van der Waals surface area contributed by atoms with E-state index in [1.807, 2.05) is 6.07 Å². The molecule has 1 rings (SSSR count). The fourth-order valence-corrected chi connectivity index (χ4v) is 2.98. The summed E-state index contributed by atoms with van der Waals surface area (Å²) in [5.41, 5.74) is 0.532. The highest BCUT2D eigenvalue weighted by Gasteiger charge is 2.28. The molecule has 1 amide bonds. The van der Waals surface area contributed by atoms with Crippen molar-refractivity contribution in [3.05, 3.63) is 34.3 Å². The van der Waals surface area contributed by atoms with Gasteiger partial charge in [0.25, 0.3) is 5.91 Å². The molecule has 0 bridgehead atoms. The van der Waals surface area contributed by atoms with Crippen LogP contribution in [0.5, 0.6) is 0 Å². The van der Waals surface area contributed by atoms with Crippen molar-refractivity contribution in [1.29, 1.82) is 0 Å². The second kappa shape index (κ2) is 6.05. The van der Waals surface area contributed by atoms with Crippen LogP contribution in [0.25, 0.3) is 0 Å². The van der Waals surface area contributed by atoms with Gasteiger partial charge in [0.1, 0.15) is 0 Å². The molecule has 4 nitrogen and oxygen atoms in total. The summed E-state index contributed by atoms with van der Waals surface area (Å²) in [4.78, 5) is 13.7. The molecular formula is C13H18BrNO3S. The Kier molecular flexibility index (Phi) is 5.15. The first kappa shape index (κ1) is 16.2. The zero-order chi connectivity index (χ0) is 14.8. The Morgan fingerprint density at radius 3 is 2.37 bits per heavy atom. The number of sulfone groups is 1. The highest BCUT2D eigenvalue weighted by Crippen LogP contribution is 2.16. The van der Waals surface area contributed by atoms with Crippen molar-refractivity contribution in [2.24, 2.45) is 0 Å². The van der Waals surface area contributed by atoms with Gasteiger partial charge in [-0.2, -0.15) is 0 Å². The third kappa shape index (κ3) is 4.04. The van der Waals surface area contributed by atoms with Crippen molar-refractivity contribution in [2.45, 2.75) is 25.1 Å². The molecule has 0 N–H and O–H groups in total. The average Bonchev–Trinajstić information content (AvgIpc) is 2.34. The summed E-state index contributed by atoms with van der Waals surface area (Å²) in [6.07, 6.45) is 1.19. The molecule has 0 aliphatic carbocycles.